The molecule has 4 nitrogen and oxygen atoms in total. The maximum Gasteiger partial charge on any atom is 0.221 e. The first-order valence-electron chi connectivity index (χ1n) is 7.67. The van der Waals surface area contributed by atoms with Gasteiger partial charge in [0.25, 0.3) is 0 Å². The van der Waals surface area contributed by atoms with Gasteiger partial charge >= 0.3 is 0 Å². The van der Waals surface area contributed by atoms with Crippen molar-refractivity contribution in [1.82, 2.24) is 5.32 Å². The minimum atomic E-state index is -0.186. The lowest BCUT2D eigenvalue weighted by Crippen LogP contribution is -2.24. The summed E-state index contributed by atoms with van der Waals surface area (Å²) in [4.78, 5) is 23.7. The summed E-state index contributed by atoms with van der Waals surface area (Å²) in [6, 6.07) is 16.4. The highest BCUT2D eigenvalue weighted by atomic mass is 16.5. The van der Waals surface area contributed by atoms with Crippen molar-refractivity contribution in [2.45, 2.75) is 12.8 Å². The predicted molar refractivity (Wildman–Crippen MR) is 92.9 cm³/mol. The van der Waals surface area contributed by atoms with Gasteiger partial charge in [-0.25, -0.2) is 0 Å². The highest BCUT2D eigenvalue weighted by molar-refractivity contribution is 5.97. The molecule has 0 saturated heterocycles. The van der Waals surface area contributed by atoms with Crippen LogP contribution in [-0.4, -0.2) is 25.3 Å². The molecule has 1 amide bonds. The van der Waals surface area contributed by atoms with Crippen LogP contribution >= 0.6 is 0 Å². The first-order valence-corrected chi connectivity index (χ1v) is 7.67. The molecular weight excluding hydrogens is 302 g/mol. The summed E-state index contributed by atoms with van der Waals surface area (Å²) < 4.78 is 5.20. The van der Waals surface area contributed by atoms with Crippen molar-refractivity contribution in [1.29, 1.82) is 0 Å². The zero-order valence-electron chi connectivity index (χ0n) is 13.5. The third-order valence-corrected chi connectivity index (χ3v) is 3.38. The fourth-order valence-corrected chi connectivity index (χ4v) is 2.11. The number of benzene rings is 2. The number of ether oxygens (including phenoxy) is 1. The molecule has 0 aliphatic carbocycles. The van der Waals surface area contributed by atoms with Gasteiger partial charge in [0.1, 0.15) is 5.75 Å². The van der Waals surface area contributed by atoms with Gasteiger partial charge in [-0.15, -0.1) is 0 Å². The number of methoxy groups -OCH3 is 1. The fraction of sp³-hybridized carbons (Fsp3) is 0.200. The van der Waals surface area contributed by atoms with Crippen LogP contribution in [0.25, 0.3) is 0 Å². The molecule has 0 radical (unpaired) electrons. The van der Waals surface area contributed by atoms with E-state index in [1.807, 2.05) is 30.3 Å². The van der Waals surface area contributed by atoms with Crippen LogP contribution in [0.5, 0.6) is 5.75 Å². The van der Waals surface area contributed by atoms with Crippen LogP contribution in [-0.2, 0) is 4.79 Å². The van der Waals surface area contributed by atoms with Crippen molar-refractivity contribution in [3.05, 3.63) is 65.7 Å². The van der Waals surface area contributed by atoms with E-state index in [0.29, 0.717) is 11.3 Å². The SMILES string of the molecule is COc1ccccc1C#CCNC(=O)CCC(=O)c1ccccc1. The molecule has 0 aliphatic heterocycles. The van der Waals surface area contributed by atoms with Gasteiger partial charge < -0.3 is 10.1 Å². The lowest BCUT2D eigenvalue weighted by molar-refractivity contribution is -0.120. The smallest absolute Gasteiger partial charge is 0.221 e. The van der Waals surface area contributed by atoms with E-state index in [1.165, 1.54) is 0 Å². The van der Waals surface area contributed by atoms with E-state index < -0.39 is 0 Å². The fourth-order valence-electron chi connectivity index (χ4n) is 2.11. The van der Waals surface area contributed by atoms with Crippen molar-refractivity contribution in [2.24, 2.45) is 0 Å². The molecule has 0 heterocycles. The third kappa shape index (κ3) is 5.29. The Morgan fingerprint density at radius 1 is 1.00 bits per heavy atom. The number of para-hydroxylation sites is 1. The zero-order chi connectivity index (χ0) is 17.2. The van der Waals surface area contributed by atoms with E-state index in [9.17, 15) is 9.59 Å². The largest absolute Gasteiger partial charge is 0.495 e. The van der Waals surface area contributed by atoms with Gasteiger partial charge in [-0.3, -0.25) is 9.59 Å². The molecule has 122 valence electrons. The number of carbonyl (C=O) groups is 2. The summed E-state index contributed by atoms with van der Waals surface area (Å²) in [6.07, 6.45) is 0.347. The molecule has 24 heavy (non-hydrogen) atoms. The maximum atomic E-state index is 11.9. The Bertz CT molecular complexity index is 757. The van der Waals surface area contributed by atoms with E-state index >= 15 is 0 Å². The normalized spacial score (nSPS) is 9.54. The highest BCUT2D eigenvalue weighted by Crippen LogP contribution is 2.15. The minimum Gasteiger partial charge on any atom is -0.495 e. The number of nitrogens with one attached hydrogen (secondary N) is 1. The molecule has 0 saturated carbocycles. The van der Waals surface area contributed by atoms with Gasteiger partial charge in [0.2, 0.25) is 5.91 Å². The molecule has 0 atom stereocenters. The van der Waals surface area contributed by atoms with Gasteiger partial charge in [0, 0.05) is 18.4 Å². The van der Waals surface area contributed by atoms with Crippen LogP contribution < -0.4 is 10.1 Å². The Kier molecular flexibility index (Phi) is 6.60. The van der Waals surface area contributed by atoms with Crippen molar-refractivity contribution in [3.63, 3.8) is 0 Å². The van der Waals surface area contributed by atoms with E-state index in [1.54, 1.807) is 31.4 Å². The highest BCUT2D eigenvalue weighted by Gasteiger charge is 2.08. The number of rotatable bonds is 6. The molecule has 2 rings (SSSR count). The lowest BCUT2D eigenvalue weighted by atomic mass is 10.1. The molecular formula is C20H19NO3. The Hall–Kier alpha value is -3.06. The molecule has 0 fully saturated rings. The van der Waals surface area contributed by atoms with Crippen molar-refractivity contribution in [2.75, 3.05) is 13.7 Å². The third-order valence-electron chi connectivity index (χ3n) is 3.38. The van der Waals surface area contributed by atoms with Crippen molar-refractivity contribution < 1.29 is 14.3 Å². The Labute approximate surface area is 141 Å². The summed E-state index contributed by atoms with van der Waals surface area (Å²) in [6.45, 7) is 0.233. The van der Waals surface area contributed by atoms with Crippen molar-refractivity contribution in [3.8, 4) is 17.6 Å². The van der Waals surface area contributed by atoms with E-state index in [-0.39, 0.29) is 31.1 Å². The summed E-state index contributed by atoms with van der Waals surface area (Å²) >= 11 is 0. The molecule has 1 N–H and O–H groups in total. The van der Waals surface area contributed by atoms with Crippen LogP contribution in [0.4, 0.5) is 0 Å². The first kappa shape index (κ1) is 17.3. The molecule has 0 spiro atoms. The average molecular weight is 321 g/mol. The van der Waals surface area contributed by atoms with E-state index in [4.69, 9.17) is 4.74 Å². The average Bonchev–Trinajstić information content (AvgIpc) is 2.64. The number of carbonyl (C=O) groups excluding carboxylic acids is 2. The first-order chi connectivity index (χ1) is 11.7. The van der Waals surface area contributed by atoms with E-state index in [2.05, 4.69) is 17.2 Å². The molecule has 0 bridgehead atoms. The molecule has 2 aromatic rings. The summed E-state index contributed by atoms with van der Waals surface area (Å²) in [5.41, 5.74) is 1.40. The topological polar surface area (TPSA) is 55.4 Å². The molecule has 0 unspecified atom stereocenters. The molecule has 0 aliphatic rings. The quantitative estimate of drug-likeness (QED) is 0.657. The number of hydrogen-bond donors (Lipinski definition) is 1. The van der Waals surface area contributed by atoms with Gasteiger partial charge in [-0.05, 0) is 12.1 Å². The second-order valence-electron chi connectivity index (χ2n) is 5.07. The molecule has 4 heteroatoms. The Balaban J connectivity index is 1.76. The monoisotopic (exact) mass is 321 g/mol. The second-order valence-corrected chi connectivity index (χ2v) is 5.07. The van der Waals surface area contributed by atoms with Gasteiger partial charge in [0.15, 0.2) is 5.78 Å². The van der Waals surface area contributed by atoms with Crippen LogP contribution in [0.3, 0.4) is 0 Å². The van der Waals surface area contributed by atoms with Crippen LogP contribution in [0.2, 0.25) is 0 Å². The molecule has 0 aromatic heterocycles. The summed E-state index contributed by atoms with van der Waals surface area (Å²) in [7, 11) is 1.59. The summed E-state index contributed by atoms with van der Waals surface area (Å²) in [5.74, 6) is 6.31. The maximum absolute atomic E-state index is 11.9. The minimum absolute atomic E-state index is 0.0362. The standard InChI is InChI=1S/C20H19NO3/c1-24-19-12-6-5-10-17(19)11-7-15-21-20(23)14-13-18(22)16-8-3-2-4-9-16/h2-6,8-10,12H,13-15H2,1H3,(H,21,23). The summed E-state index contributed by atoms with van der Waals surface area (Å²) in [5, 5.41) is 2.69. The number of Topliss-reactive ketones (excluding diaryl/α,β-unsaturated/α-hetero) is 1. The number of amides is 1. The number of hydrogen-bond acceptors (Lipinski definition) is 3. The Morgan fingerprint density at radius 3 is 2.46 bits per heavy atom. The van der Waals surface area contributed by atoms with Gasteiger partial charge in [0.05, 0.1) is 19.2 Å². The number of ketones is 1. The van der Waals surface area contributed by atoms with Crippen LogP contribution in [0.1, 0.15) is 28.8 Å². The second kappa shape index (κ2) is 9.16. The van der Waals surface area contributed by atoms with Gasteiger partial charge in [-0.2, -0.15) is 0 Å². The van der Waals surface area contributed by atoms with E-state index in [0.717, 1.165) is 5.56 Å². The lowest BCUT2D eigenvalue weighted by Gasteiger charge is -2.02. The zero-order valence-corrected chi connectivity index (χ0v) is 13.5. The molecule has 2 aromatic carbocycles. The Morgan fingerprint density at radius 2 is 1.71 bits per heavy atom. The predicted octanol–water partition coefficient (Wildman–Crippen LogP) is 2.83. The van der Waals surface area contributed by atoms with Gasteiger partial charge in [-0.1, -0.05) is 54.3 Å². The van der Waals surface area contributed by atoms with Crippen LogP contribution in [0, 0.1) is 11.8 Å². The van der Waals surface area contributed by atoms with Crippen molar-refractivity contribution >= 4 is 11.7 Å². The van der Waals surface area contributed by atoms with Crippen LogP contribution in [0.15, 0.2) is 54.6 Å².